The largest absolute Gasteiger partial charge is 0.478 e. The van der Waals surface area contributed by atoms with Crippen LogP contribution in [0.1, 0.15) is 19.3 Å². The monoisotopic (exact) mass is 452 g/mol. The topological polar surface area (TPSA) is 175 Å². The number of sulfonamides is 1. The van der Waals surface area contributed by atoms with Crippen LogP contribution in [-0.4, -0.2) is 60.2 Å². The number of hydrogen-bond acceptors (Lipinski definition) is 8. The molecule has 6 N–H and O–H groups in total. The predicted molar refractivity (Wildman–Crippen MR) is 109 cm³/mol. The van der Waals surface area contributed by atoms with Crippen LogP contribution in [0.3, 0.4) is 0 Å². The number of nitrogens with zero attached hydrogens (tertiary/aromatic N) is 1. The van der Waals surface area contributed by atoms with Gasteiger partial charge >= 0.3 is 5.97 Å². The summed E-state index contributed by atoms with van der Waals surface area (Å²) in [7, 11) is -4.25. The van der Waals surface area contributed by atoms with E-state index >= 15 is 0 Å². The van der Waals surface area contributed by atoms with E-state index in [1.807, 2.05) is 0 Å². The van der Waals surface area contributed by atoms with Gasteiger partial charge in [0.05, 0.1) is 11.5 Å². The van der Waals surface area contributed by atoms with E-state index < -0.39 is 33.6 Å². The number of benzene rings is 1. The van der Waals surface area contributed by atoms with Gasteiger partial charge in [0.15, 0.2) is 5.95 Å². The third kappa shape index (κ3) is 5.79. The zero-order valence-corrected chi connectivity index (χ0v) is 17.3. The second kappa shape index (κ2) is 9.87. The highest BCUT2D eigenvalue weighted by atomic mass is 32.2. The van der Waals surface area contributed by atoms with E-state index in [1.165, 1.54) is 24.3 Å². The minimum Gasteiger partial charge on any atom is -0.478 e. The lowest BCUT2D eigenvalue weighted by Crippen LogP contribution is -2.67. The third-order valence-electron chi connectivity index (χ3n) is 4.63. The maximum absolute atomic E-state index is 12.9. The van der Waals surface area contributed by atoms with Crippen LogP contribution in [0.25, 0.3) is 0 Å². The molecule has 1 fully saturated rings. The highest BCUT2D eigenvalue weighted by Crippen LogP contribution is 2.18. The number of nitrogens with one attached hydrogen (secondary N) is 5. The van der Waals surface area contributed by atoms with Crippen molar-refractivity contribution in [1.29, 1.82) is 0 Å². The van der Waals surface area contributed by atoms with Crippen LogP contribution < -0.4 is 20.8 Å². The van der Waals surface area contributed by atoms with E-state index in [0.717, 1.165) is 0 Å². The summed E-state index contributed by atoms with van der Waals surface area (Å²) in [6.45, 7) is 0.567. The van der Waals surface area contributed by atoms with Crippen molar-refractivity contribution in [2.24, 2.45) is 0 Å². The molecule has 2 unspecified atom stereocenters. The molecule has 13 heteroatoms. The number of hydrogen-bond donors (Lipinski definition) is 6. The van der Waals surface area contributed by atoms with Crippen LogP contribution in [0.2, 0.25) is 0 Å². The molecule has 31 heavy (non-hydrogen) atoms. The number of aromatic nitrogens is 2. The quantitative estimate of drug-likeness (QED) is 0.199. The highest BCUT2D eigenvalue weighted by Gasteiger charge is 2.45. The molecule has 1 aliphatic rings. The van der Waals surface area contributed by atoms with Gasteiger partial charge in [-0.05, 0) is 31.4 Å². The molecule has 1 aromatic heterocycles. The Balaban J connectivity index is 1.80. The average molecular weight is 452 g/mol. The molecule has 1 aromatic carbocycles. The number of carbonyl (C=O) groups excluding carboxylic acids is 1. The van der Waals surface area contributed by atoms with E-state index in [0.29, 0.717) is 12.4 Å². The summed E-state index contributed by atoms with van der Waals surface area (Å²) < 4.78 is 27.9. The van der Waals surface area contributed by atoms with Gasteiger partial charge in [-0.15, -0.1) is 0 Å². The maximum Gasteiger partial charge on any atom is 0.345 e. The Morgan fingerprint density at radius 1 is 1.29 bits per heavy atom. The smallest absolute Gasteiger partial charge is 0.345 e. The van der Waals surface area contributed by atoms with Crippen LogP contribution in [0, 0.1) is 0 Å². The zero-order valence-electron chi connectivity index (χ0n) is 16.5. The molecule has 0 bridgehead atoms. The molecule has 12 nitrogen and oxygen atoms in total. The van der Waals surface area contributed by atoms with E-state index in [4.69, 9.17) is 4.84 Å². The number of imidazole rings is 1. The Kier molecular flexibility index (Phi) is 7.22. The Labute approximate surface area is 178 Å². The molecular formula is C18H24N6O6S. The lowest BCUT2D eigenvalue weighted by Gasteiger charge is -2.32. The summed E-state index contributed by atoms with van der Waals surface area (Å²) in [5.74, 6) is -1.73. The molecule has 0 saturated carbocycles. The van der Waals surface area contributed by atoms with Crippen molar-refractivity contribution < 1.29 is 28.0 Å². The third-order valence-corrected chi connectivity index (χ3v) is 6.14. The molecule has 0 aliphatic carbocycles. The van der Waals surface area contributed by atoms with Crippen molar-refractivity contribution in [3.63, 3.8) is 0 Å². The number of carboxylic acid groups (broad SMARTS) is 1. The van der Waals surface area contributed by atoms with Crippen molar-refractivity contribution in [3.8, 4) is 0 Å². The number of carbonyl (C=O) groups is 2. The molecule has 2 heterocycles. The highest BCUT2D eigenvalue weighted by molar-refractivity contribution is 7.89. The molecule has 2 atom stereocenters. The zero-order chi connectivity index (χ0) is 22.3. The van der Waals surface area contributed by atoms with Gasteiger partial charge in [0.1, 0.15) is 6.04 Å². The fourth-order valence-corrected chi connectivity index (χ4v) is 4.36. The lowest BCUT2D eigenvalue weighted by atomic mass is 10.0. The second-order valence-electron chi connectivity index (χ2n) is 6.89. The summed E-state index contributed by atoms with van der Waals surface area (Å²) >= 11 is 0. The van der Waals surface area contributed by atoms with Crippen molar-refractivity contribution >= 4 is 27.8 Å². The Hall–Kier alpha value is -3.00. The van der Waals surface area contributed by atoms with Gasteiger partial charge in [-0.1, -0.05) is 18.2 Å². The van der Waals surface area contributed by atoms with Crippen molar-refractivity contribution in [2.75, 3.05) is 18.5 Å². The number of aromatic amines is 1. The van der Waals surface area contributed by atoms with Gasteiger partial charge in [-0.3, -0.25) is 4.79 Å². The van der Waals surface area contributed by atoms with Crippen LogP contribution in [0.5, 0.6) is 0 Å². The van der Waals surface area contributed by atoms with E-state index in [2.05, 4.69) is 30.8 Å². The first kappa shape index (κ1) is 22.7. The summed E-state index contributed by atoms with van der Waals surface area (Å²) in [6.07, 6.45) is 3.48. The SMILES string of the molecule is O=C(NC(CCCNc1ncc[nH]1)(NS(=O)(=O)c1ccccc1)C(=O)O)C1CCON1. The number of rotatable bonds is 11. The molecule has 1 aliphatic heterocycles. The molecular weight excluding hydrogens is 428 g/mol. The Morgan fingerprint density at radius 3 is 2.68 bits per heavy atom. The number of H-pyrrole nitrogens is 1. The average Bonchev–Trinajstić information content (AvgIpc) is 3.45. The van der Waals surface area contributed by atoms with E-state index in [-0.39, 0.29) is 30.9 Å². The Morgan fingerprint density at radius 2 is 2.06 bits per heavy atom. The number of amides is 1. The first-order valence-electron chi connectivity index (χ1n) is 9.57. The van der Waals surface area contributed by atoms with Gasteiger partial charge in [0.2, 0.25) is 21.6 Å². The van der Waals surface area contributed by atoms with Gasteiger partial charge in [0, 0.05) is 18.9 Å². The second-order valence-corrected chi connectivity index (χ2v) is 8.58. The summed E-state index contributed by atoms with van der Waals surface area (Å²) in [4.78, 5) is 36.6. The van der Waals surface area contributed by atoms with E-state index in [1.54, 1.807) is 18.5 Å². The summed E-state index contributed by atoms with van der Waals surface area (Å²) in [5, 5.41) is 15.3. The fourth-order valence-electron chi connectivity index (χ4n) is 3.03. The number of carboxylic acids is 1. The molecule has 1 saturated heterocycles. The molecule has 0 spiro atoms. The van der Waals surface area contributed by atoms with Crippen LogP contribution in [0.15, 0.2) is 47.6 Å². The predicted octanol–water partition coefficient (Wildman–Crippen LogP) is -0.229. The molecule has 3 rings (SSSR count). The normalized spacial score (nSPS) is 18.3. The van der Waals surface area contributed by atoms with Crippen LogP contribution in [-0.2, 0) is 24.4 Å². The molecule has 168 valence electrons. The van der Waals surface area contributed by atoms with Crippen molar-refractivity contribution in [3.05, 3.63) is 42.7 Å². The standard InChI is InChI=1S/C18H24N6O6S/c25-15(14-7-12-30-23-14)22-18(16(26)27,8-4-9-19-17-20-10-11-21-17)24-31(28,29)13-5-2-1-3-6-13/h1-3,5-6,10-11,14,23-24H,4,7-9,12H2,(H,22,25)(H,26,27)(H2,19,20,21). The van der Waals surface area contributed by atoms with Gasteiger partial charge in [0.25, 0.3) is 0 Å². The lowest BCUT2D eigenvalue weighted by molar-refractivity contribution is -0.149. The number of aliphatic carboxylic acids is 1. The minimum atomic E-state index is -4.25. The summed E-state index contributed by atoms with van der Waals surface area (Å²) in [5.41, 5.74) is 0.228. The summed E-state index contributed by atoms with van der Waals surface area (Å²) in [6, 6.07) is 6.55. The molecule has 2 aromatic rings. The minimum absolute atomic E-state index is 0.120. The van der Waals surface area contributed by atoms with Crippen molar-refractivity contribution in [2.45, 2.75) is 35.9 Å². The van der Waals surface area contributed by atoms with Gasteiger partial charge in [-0.2, -0.15) is 10.2 Å². The van der Waals surface area contributed by atoms with Crippen LogP contribution in [0.4, 0.5) is 5.95 Å². The fraction of sp³-hybridized carbons (Fsp3) is 0.389. The molecule has 1 amide bonds. The maximum atomic E-state index is 12.9. The Bertz CT molecular complexity index is 978. The van der Waals surface area contributed by atoms with Crippen molar-refractivity contribution in [1.82, 2.24) is 25.5 Å². The molecule has 0 radical (unpaired) electrons. The van der Waals surface area contributed by atoms with Crippen LogP contribution >= 0.6 is 0 Å². The van der Waals surface area contributed by atoms with Gasteiger partial charge < -0.3 is 25.6 Å². The first-order chi connectivity index (χ1) is 14.8. The number of hydroxylamine groups is 1. The van der Waals surface area contributed by atoms with Gasteiger partial charge in [-0.25, -0.2) is 18.2 Å². The first-order valence-corrected chi connectivity index (χ1v) is 11.1. The number of anilines is 1. The van der Waals surface area contributed by atoms with E-state index in [9.17, 15) is 23.1 Å².